The van der Waals surface area contributed by atoms with Crippen LogP contribution in [0.4, 0.5) is 0 Å². The predicted octanol–water partition coefficient (Wildman–Crippen LogP) is 1.94. The molecule has 0 aromatic rings. The van der Waals surface area contributed by atoms with Crippen molar-refractivity contribution in [1.29, 1.82) is 0 Å². The van der Waals surface area contributed by atoms with E-state index in [4.69, 9.17) is 10.9 Å². The van der Waals surface area contributed by atoms with E-state index in [2.05, 4.69) is 5.16 Å². The van der Waals surface area contributed by atoms with Crippen LogP contribution in [0.15, 0.2) is 5.16 Å². The van der Waals surface area contributed by atoms with Gasteiger partial charge in [-0.15, -0.1) is 0 Å². The van der Waals surface area contributed by atoms with Crippen LogP contribution in [0.1, 0.15) is 52.4 Å². The van der Waals surface area contributed by atoms with E-state index < -0.39 is 5.92 Å². The number of hydrogen-bond acceptors (Lipinski definition) is 3. The number of carbonyl (C=O) groups is 1. The summed E-state index contributed by atoms with van der Waals surface area (Å²) in [6, 6.07) is 0.341. The molecular formula is C13H25N3O2. The lowest BCUT2D eigenvalue weighted by molar-refractivity contribution is -0.135. The smallest absolute Gasteiger partial charge is 0.233 e. The van der Waals surface area contributed by atoms with Gasteiger partial charge in [0.25, 0.3) is 0 Å². The number of amidine groups is 1. The molecule has 0 aliphatic heterocycles. The first kappa shape index (κ1) is 14.8. The van der Waals surface area contributed by atoms with Crippen LogP contribution in [0.25, 0.3) is 0 Å². The summed E-state index contributed by atoms with van der Waals surface area (Å²) in [6.07, 6.45) is 6.02. The van der Waals surface area contributed by atoms with Crippen LogP contribution in [0, 0.1) is 5.92 Å². The molecule has 0 spiro atoms. The van der Waals surface area contributed by atoms with E-state index in [-0.39, 0.29) is 11.7 Å². The summed E-state index contributed by atoms with van der Waals surface area (Å²) in [4.78, 5) is 14.4. The molecule has 3 N–H and O–H groups in total. The van der Waals surface area contributed by atoms with E-state index in [1.54, 1.807) is 0 Å². The molecule has 0 aromatic carbocycles. The Balaban J connectivity index is 2.78. The average Bonchev–Trinajstić information content (AvgIpc) is 2.89. The molecule has 104 valence electrons. The maximum absolute atomic E-state index is 12.5. The second-order valence-electron chi connectivity index (χ2n) is 4.93. The van der Waals surface area contributed by atoms with Crippen LogP contribution in [0.3, 0.4) is 0 Å². The summed E-state index contributed by atoms with van der Waals surface area (Å²) in [5.74, 6) is -0.416. The van der Waals surface area contributed by atoms with Gasteiger partial charge in [0.05, 0.1) is 5.92 Å². The molecule has 1 aliphatic rings. The Labute approximate surface area is 109 Å². The fourth-order valence-electron chi connectivity index (χ4n) is 2.77. The third kappa shape index (κ3) is 3.37. The van der Waals surface area contributed by atoms with E-state index in [1.165, 1.54) is 12.8 Å². The van der Waals surface area contributed by atoms with Crippen LogP contribution >= 0.6 is 0 Å². The van der Waals surface area contributed by atoms with Crippen molar-refractivity contribution in [3.05, 3.63) is 0 Å². The van der Waals surface area contributed by atoms with Crippen molar-refractivity contribution in [2.24, 2.45) is 16.8 Å². The van der Waals surface area contributed by atoms with Gasteiger partial charge in [-0.2, -0.15) is 0 Å². The SMILES string of the molecule is CCCC(C(=O)N(CC)C1CCCC1)C(N)=NO. The first-order valence-electron chi connectivity index (χ1n) is 6.93. The van der Waals surface area contributed by atoms with Gasteiger partial charge < -0.3 is 15.8 Å². The predicted molar refractivity (Wildman–Crippen MR) is 71.4 cm³/mol. The highest BCUT2D eigenvalue weighted by molar-refractivity contribution is 6.02. The molecule has 1 amide bonds. The van der Waals surface area contributed by atoms with Gasteiger partial charge in [-0.05, 0) is 26.2 Å². The molecule has 18 heavy (non-hydrogen) atoms. The zero-order valence-electron chi connectivity index (χ0n) is 11.4. The molecule has 1 aliphatic carbocycles. The minimum atomic E-state index is -0.472. The fraction of sp³-hybridized carbons (Fsp3) is 0.846. The van der Waals surface area contributed by atoms with Gasteiger partial charge in [-0.1, -0.05) is 31.3 Å². The van der Waals surface area contributed by atoms with Crippen LogP contribution in [0.5, 0.6) is 0 Å². The highest BCUT2D eigenvalue weighted by Crippen LogP contribution is 2.25. The normalized spacial score (nSPS) is 18.9. The van der Waals surface area contributed by atoms with Crippen LogP contribution in [0.2, 0.25) is 0 Å². The number of carbonyl (C=O) groups excluding carboxylic acids is 1. The summed E-state index contributed by atoms with van der Waals surface area (Å²) in [7, 11) is 0. The lowest BCUT2D eigenvalue weighted by Crippen LogP contribution is -2.46. The maximum Gasteiger partial charge on any atom is 0.233 e. The largest absolute Gasteiger partial charge is 0.409 e. The maximum atomic E-state index is 12.5. The lowest BCUT2D eigenvalue weighted by Gasteiger charge is -2.31. The molecule has 1 saturated carbocycles. The molecule has 5 heteroatoms. The Morgan fingerprint density at radius 3 is 2.50 bits per heavy atom. The molecule has 1 fully saturated rings. The first-order chi connectivity index (χ1) is 8.65. The van der Waals surface area contributed by atoms with Gasteiger partial charge in [0, 0.05) is 12.6 Å². The molecule has 1 rings (SSSR count). The molecular weight excluding hydrogens is 230 g/mol. The molecule has 0 aromatic heterocycles. The Bertz CT molecular complexity index is 299. The Morgan fingerprint density at radius 1 is 1.44 bits per heavy atom. The number of hydrogen-bond donors (Lipinski definition) is 2. The van der Waals surface area contributed by atoms with E-state index >= 15 is 0 Å². The number of nitrogens with zero attached hydrogens (tertiary/aromatic N) is 2. The van der Waals surface area contributed by atoms with Crippen molar-refractivity contribution >= 4 is 11.7 Å². The van der Waals surface area contributed by atoms with Crippen LogP contribution in [-0.4, -0.2) is 34.4 Å². The Kier molecular flexibility index (Phi) is 5.95. The quantitative estimate of drug-likeness (QED) is 0.329. The zero-order valence-corrected chi connectivity index (χ0v) is 11.4. The second-order valence-corrected chi connectivity index (χ2v) is 4.93. The van der Waals surface area contributed by atoms with Gasteiger partial charge >= 0.3 is 0 Å². The van der Waals surface area contributed by atoms with Gasteiger partial charge in [-0.25, -0.2) is 0 Å². The number of amides is 1. The van der Waals surface area contributed by atoms with Crippen molar-refractivity contribution in [1.82, 2.24) is 4.90 Å². The van der Waals surface area contributed by atoms with Crippen LogP contribution in [-0.2, 0) is 4.79 Å². The van der Waals surface area contributed by atoms with Crippen molar-refractivity contribution in [3.8, 4) is 0 Å². The first-order valence-corrected chi connectivity index (χ1v) is 6.93. The average molecular weight is 255 g/mol. The molecule has 0 radical (unpaired) electrons. The minimum Gasteiger partial charge on any atom is -0.409 e. The fourth-order valence-corrected chi connectivity index (χ4v) is 2.77. The molecule has 1 atom stereocenters. The van der Waals surface area contributed by atoms with E-state index in [0.717, 1.165) is 19.3 Å². The molecule has 1 unspecified atom stereocenters. The van der Waals surface area contributed by atoms with Gasteiger partial charge in [0.1, 0.15) is 0 Å². The lowest BCUT2D eigenvalue weighted by atomic mass is 9.99. The topological polar surface area (TPSA) is 78.9 Å². The monoisotopic (exact) mass is 255 g/mol. The van der Waals surface area contributed by atoms with Crippen molar-refractivity contribution in [2.45, 2.75) is 58.4 Å². The van der Waals surface area contributed by atoms with Gasteiger partial charge in [-0.3, -0.25) is 4.79 Å². The van der Waals surface area contributed by atoms with Gasteiger partial charge in [0.15, 0.2) is 5.84 Å². The summed E-state index contributed by atoms with van der Waals surface area (Å²) < 4.78 is 0. The number of nitrogens with two attached hydrogens (primary N) is 1. The van der Waals surface area contributed by atoms with E-state index in [1.807, 2.05) is 18.7 Å². The van der Waals surface area contributed by atoms with Crippen molar-refractivity contribution in [2.75, 3.05) is 6.54 Å². The summed E-state index contributed by atoms with van der Waals surface area (Å²) in [6.45, 7) is 4.69. The molecule has 0 saturated heterocycles. The Morgan fingerprint density at radius 2 is 2.06 bits per heavy atom. The van der Waals surface area contributed by atoms with Gasteiger partial charge in [0.2, 0.25) is 5.91 Å². The van der Waals surface area contributed by atoms with E-state index in [9.17, 15) is 4.79 Å². The minimum absolute atomic E-state index is 0.0153. The standard InChI is InChI=1S/C13H25N3O2/c1-3-7-11(12(14)15-18)13(17)16(4-2)10-8-5-6-9-10/h10-11,18H,3-9H2,1-2H3,(H2,14,15). The van der Waals surface area contributed by atoms with Crippen molar-refractivity contribution < 1.29 is 10.0 Å². The summed E-state index contributed by atoms with van der Waals surface area (Å²) in [5.41, 5.74) is 5.65. The number of oxime groups is 1. The van der Waals surface area contributed by atoms with E-state index in [0.29, 0.717) is 19.0 Å². The molecule has 0 heterocycles. The summed E-state index contributed by atoms with van der Waals surface area (Å²) in [5, 5.41) is 11.8. The third-order valence-corrected chi connectivity index (χ3v) is 3.74. The highest BCUT2D eigenvalue weighted by Gasteiger charge is 2.32. The second kappa shape index (κ2) is 7.24. The highest BCUT2D eigenvalue weighted by atomic mass is 16.4. The van der Waals surface area contributed by atoms with Crippen LogP contribution < -0.4 is 5.73 Å². The molecule has 0 bridgehead atoms. The zero-order chi connectivity index (χ0) is 13.5. The van der Waals surface area contributed by atoms with Crippen molar-refractivity contribution in [3.63, 3.8) is 0 Å². The number of rotatable bonds is 6. The Hall–Kier alpha value is -1.26. The summed E-state index contributed by atoms with van der Waals surface area (Å²) >= 11 is 0. The molecule has 5 nitrogen and oxygen atoms in total. The third-order valence-electron chi connectivity index (χ3n) is 3.74.